The van der Waals surface area contributed by atoms with E-state index in [2.05, 4.69) is 40.9 Å². The summed E-state index contributed by atoms with van der Waals surface area (Å²) in [5.74, 6) is 1.78. The Balaban J connectivity index is 1.86. The van der Waals surface area contributed by atoms with Crippen molar-refractivity contribution in [3.05, 3.63) is 29.8 Å². The number of carbonyl (C=O) groups excluding carboxylic acids is 1. The number of carbonyl (C=O) groups is 1. The molecule has 0 aliphatic carbocycles. The van der Waals surface area contributed by atoms with E-state index in [0.29, 0.717) is 13.0 Å². The number of aliphatic imine (C=N–C) groups is 1. The lowest BCUT2D eigenvalue weighted by atomic mass is 9.90. The van der Waals surface area contributed by atoms with Gasteiger partial charge in [0, 0.05) is 38.2 Å². The smallest absolute Gasteiger partial charge is 0.225 e. The van der Waals surface area contributed by atoms with Crippen molar-refractivity contribution < 1.29 is 4.79 Å². The van der Waals surface area contributed by atoms with Gasteiger partial charge in [-0.1, -0.05) is 32.0 Å². The molecular weight excluding hydrogens is 288 g/mol. The van der Waals surface area contributed by atoms with Crippen LogP contribution < -0.4 is 16.0 Å². The second-order valence-electron chi connectivity index (χ2n) is 6.45. The van der Waals surface area contributed by atoms with Crippen LogP contribution in [-0.4, -0.2) is 32.0 Å². The molecule has 0 fully saturated rings. The maximum absolute atomic E-state index is 11.8. The molecule has 1 aliphatic rings. The summed E-state index contributed by atoms with van der Waals surface area (Å²) in [5, 5.41) is 9.62. The third-order valence-electron chi connectivity index (χ3n) is 4.10. The minimum Gasteiger partial charge on any atom is -0.356 e. The monoisotopic (exact) mass is 316 g/mol. The lowest BCUT2D eigenvalue weighted by Crippen LogP contribution is -2.41. The highest BCUT2D eigenvalue weighted by Gasteiger charge is 2.24. The van der Waals surface area contributed by atoms with E-state index in [-0.39, 0.29) is 11.8 Å². The van der Waals surface area contributed by atoms with Crippen LogP contribution in [0.25, 0.3) is 0 Å². The van der Waals surface area contributed by atoms with E-state index < -0.39 is 0 Å². The van der Waals surface area contributed by atoms with Crippen molar-refractivity contribution in [3.8, 4) is 0 Å². The SMILES string of the molecule is CN=C(NCCCC(C)C)NCC1CC(=O)Nc2ccccc21. The van der Waals surface area contributed by atoms with Crippen LogP contribution in [0.1, 0.15) is 44.6 Å². The largest absolute Gasteiger partial charge is 0.356 e. The fourth-order valence-corrected chi connectivity index (χ4v) is 2.84. The highest BCUT2D eigenvalue weighted by molar-refractivity contribution is 5.94. The molecule has 0 saturated heterocycles. The molecule has 1 heterocycles. The van der Waals surface area contributed by atoms with Gasteiger partial charge in [0.15, 0.2) is 5.96 Å². The number of hydrogen-bond donors (Lipinski definition) is 3. The second kappa shape index (κ2) is 8.56. The van der Waals surface area contributed by atoms with E-state index in [9.17, 15) is 4.79 Å². The summed E-state index contributed by atoms with van der Waals surface area (Å²) in [7, 11) is 1.78. The molecule has 1 aliphatic heterocycles. The molecule has 23 heavy (non-hydrogen) atoms. The number of rotatable bonds is 6. The van der Waals surface area contributed by atoms with E-state index in [1.807, 2.05) is 18.2 Å². The molecule has 1 aromatic carbocycles. The van der Waals surface area contributed by atoms with Crippen LogP contribution in [-0.2, 0) is 4.79 Å². The van der Waals surface area contributed by atoms with Gasteiger partial charge in [-0.2, -0.15) is 0 Å². The van der Waals surface area contributed by atoms with Crippen molar-refractivity contribution in [1.82, 2.24) is 10.6 Å². The van der Waals surface area contributed by atoms with E-state index in [1.165, 1.54) is 12.0 Å². The normalized spacial score (nSPS) is 17.7. The average molecular weight is 316 g/mol. The van der Waals surface area contributed by atoms with Gasteiger partial charge in [0.2, 0.25) is 5.91 Å². The van der Waals surface area contributed by atoms with Crippen LogP contribution >= 0.6 is 0 Å². The minimum atomic E-state index is 0.0791. The van der Waals surface area contributed by atoms with Crippen LogP contribution in [0.4, 0.5) is 5.69 Å². The summed E-state index contributed by atoms with van der Waals surface area (Å²) in [6.45, 7) is 6.09. The maximum atomic E-state index is 11.8. The van der Waals surface area contributed by atoms with E-state index in [0.717, 1.165) is 30.5 Å². The molecule has 0 radical (unpaired) electrons. The Kier molecular flexibility index (Phi) is 6.44. The Morgan fingerprint density at radius 3 is 2.87 bits per heavy atom. The number of nitrogens with zero attached hydrogens (tertiary/aromatic N) is 1. The number of amides is 1. The van der Waals surface area contributed by atoms with Crippen molar-refractivity contribution >= 4 is 17.6 Å². The van der Waals surface area contributed by atoms with Crippen molar-refractivity contribution in [2.45, 2.75) is 39.0 Å². The first kappa shape index (κ1) is 17.3. The van der Waals surface area contributed by atoms with Gasteiger partial charge in [-0.3, -0.25) is 9.79 Å². The van der Waals surface area contributed by atoms with Crippen LogP contribution in [0, 0.1) is 5.92 Å². The Morgan fingerprint density at radius 1 is 1.35 bits per heavy atom. The first-order valence-electron chi connectivity index (χ1n) is 8.43. The van der Waals surface area contributed by atoms with E-state index in [4.69, 9.17) is 0 Å². The fraction of sp³-hybridized carbons (Fsp3) is 0.556. The first-order valence-corrected chi connectivity index (χ1v) is 8.43. The van der Waals surface area contributed by atoms with Gasteiger partial charge in [0.25, 0.3) is 0 Å². The highest BCUT2D eigenvalue weighted by atomic mass is 16.1. The Hall–Kier alpha value is -2.04. The topological polar surface area (TPSA) is 65.5 Å². The molecule has 3 N–H and O–H groups in total. The number of hydrogen-bond acceptors (Lipinski definition) is 2. The molecule has 5 heteroatoms. The van der Waals surface area contributed by atoms with Gasteiger partial charge in [0.05, 0.1) is 0 Å². The Bertz CT molecular complexity index is 554. The van der Waals surface area contributed by atoms with Crippen molar-refractivity contribution in [2.24, 2.45) is 10.9 Å². The van der Waals surface area contributed by atoms with Crippen LogP contribution in [0.2, 0.25) is 0 Å². The molecule has 1 amide bonds. The zero-order valence-corrected chi connectivity index (χ0v) is 14.4. The third-order valence-corrected chi connectivity index (χ3v) is 4.10. The first-order chi connectivity index (χ1) is 11.1. The van der Waals surface area contributed by atoms with Gasteiger partial charge in [-0.15, -0.1) is 0 Å². The summed E-state index contributed by atoms with van der Waals surface area (Å²) in [6.07, 6.45) is 2.85. The number of benzene rings is 1. The molecule has 1 aromatic rings. The van der Waals surface area contributed by atoms with Crippen LogP contribution in [0.3, 0.4) is 0 Å². The number of para-hydroxylation sites is 1. The Morgan fingerprint density at radius 2 is 2.13 bits per heavy atom. The molecular formula is C18H28N4O. The van der Waals surface area contributed by atoms with Crippen LogP contribution in [0.5, 0.6) is 0 Å². The van der Waals surface area contributed by atoms with Crippen molar-refractivity contribution in [3.63, 3.8) is 0 Å². The number of fused-ring (bicyclic) bond motifs is 1. The molecule has 126 valence electrons. The van der Waals surface area contributed by atoms with Gasteiger partial charge in [-0.05, 0) is 30.4 Å². The molecule has 0 spiro atoms. The van der Waals surface area contributed by atoms with E-state index >= 15 is 0 Å². The van der Waals surface area contributed by atoms with Gasteiger partial charge in [-0.25, -0.2) is 0 Å². The van der Waals surface area contributed by atoms with Crippen molar-refractivity contribution in [2.75, 3.05) is 25.5 Å². The molecule has 1 atom stereocenters. The molecule has 2 rings (SSSR count). The minimum absolute atomic E-state index is 0.0791. The Labute approximate surface area is 139 Å². The summed E-state index contributed by atoms with van der Waals surface area (Å²) in [4.78, 5) is 16.1. The summed E-state index contributed by atoms with van der Waals surface area (Å²) in [5.41, 5.74) is 2.12. The average Bonchev–Trinajstić information content (AvgIpc) is 2.53. The number of anilines is 1. The quantitative estimate of drug-likeness (QED) is 0.429. The fourth-order valence-electron chi connectivity index (χ4n) is 2.84. The summed E-state index contributed by atoms with van der Waals surface area (Å²) < 4.78 is 0. The molecule has 0 aromatic heterocycles. The summed E-state index contributed by atoms with van der Waals surface area (Å²) >= 11 is 0. The number of nitrogens with one attached hydrogen (secondary N) is 3. The number of guanidine groups is 1. The highest BCUT2D eigenvalue weighted by Crippen LogP contribution is 2.31. The van der Waals surface area contributed by atoms with Crippen LogP contribution in [0.15, 0.2) is 29.3 Å². The maximum Gasteiger partial charge on any atom is 0.225 e. The zero-order chi connectivity index (χ0) is 16.7. The van der Waals surface area contributed by atoms with Crippen molar-refractivity contribution in [1.29, 1.82) is 0 Å². The molecule has 1 unspecified atom stereocenters. The predicted octanol–water partition coefficient (Wildman–Crippen LogP) is 2.71. The molecule has 0 bridgehead atoms. The van der Waals surface area contributed by atoms with E-state index in [1.54, 1.807) is 7.05 Å². The predicted molar refractivity (Wildman–Crippen MR) is 95.9 cm³/mol. The molecule has 0 saturated carbocycles. The van der Waals surface area contributed by atoms with Gasteiger partial charge in [0.1, 0.15) is 0 Å². The lowest BCUT2D eigenvalue weighted by molar-refractivity contribution is -0.116. The lowest BCUT2D eigenvalue weighted by Gasteiger charge is -2.26. The van der Waals surface area contributed by atoms with Gasteiger partial charge >= 0.3 is 0 Å². The zero-order valence-electron chi connectivity index (χ0n) is 14.4. The second-order valence-corrected chi connectivity index (χ2v) is 6.45. The third kappa shape index (κ3) is 5.27. The van der Waals surface area contributed by atoms with Gasteiger partial charge < -0.3 is 16.0 Å². The summed E-state index contributed by atoms with van der Waals surface area (Å²) in [6, 6.07) is 8.00. The molecule has 5 nitrogen and oxygen atoms in total. The standard InChI is InChI=1S/C18H28N4O/c1-13(2)7-6-10-20-18(19-3)21-12-14-11-17(23)22-16-9-5-4-8-15(14)16/h4-5,8-9,13-14H,6-7,10-12H2,1-3H3,(H,22,23)(H2,19,20,21).